The first-order valence-electron chi connectivity index (χ1n) is 7.39. The van der Waals surface area contributed by atoms with Gasteiger partial charge in [0.2, 0.25) is 0 Å². The summed E-state index contributed by atoms with van der Waals surface area (Å²) in [6.45, 7) is 0.292. The molecule has 1 aliphatic heterocycles. The fourth-order valence-electron chi connectivity index (χ4n) is 2.54. The molecule has 2 amide bonds. The van der Waals surface area contributed by atoms with Gasteiger partial charge in [0.15, 0.2) is 6.61 Å². The highest BCUT2D eigenvalue weighted by Gasteiger charge is 2.22. The van der Waals surface area contributed by atoms with Crippen LogP contribution in [0.15, 0.2) is 42.5 Å². The number of carbonyl (C=O) groups is 2. The first kappa shape index (κ1) is 14.6. The van der Waals surface area contributed by atoms with Gasteiger partial charge in [0, 0.05) is 0 Å². The number of thiazole rings is 1. The van der Waals surface area contributed by atoms with Gasteiger partial charge in [0.05, 0.1) is 28.0 Å². The molecule has 0 saturated carbocycles. The fraction of sp³-hybridized carbons (Fsp3) is 0.118. The second-order valence-electron chi connectivity index (χ2n) is 5.27. The van der Waals surface area contributed by atoms with E-state index in [4.69, 9.17) is 4.74 Å². The second kappa shape index (κ2) is 5.93. The van der Waals surface area contributed by atoms with E-state index in [1.54, 1.807) is 29.5 Å². The highest BCUT2D eigenvalue weighted by molar-refractivity contribution is 7.18. The van der Waals surface area contributed by atoms with E-state index in [1.165, 1.54) is 0 Å². The third-order valence-corrected chi connectivity index (χ3v) is 4.67. The average molecular weight is 339 g/mol. The summed E-state index contributed by atoms with van der Waals surface area (Å²) in [5.74, 6) is -0.0481. The van der Waals surface area contributed by atoms with Crippen molar-refractivity contribution in [3.8, 4) is 5.75 Å². The van der Waals surface area contributed by atoms with Gasteiger partial charge in [-0.05, 0) is 24.3 Å². The molecule has 0 spiro atoms. The van der Waals surface area contributed by atoms with Crippen LogP contribution in [0.2, 0.25) is 0 Å². The van der Waals surface area contributed by atoms with E-state index < -0.39 is 0 Å². The van der Waals surface area contributed by atoms with E-state index in [0.717, 1.165) is 15.2 Å². The van der Waals surface area contributed by atoms with E-state index in [-0.39, 0.29) is 18.4 Å². The molecule has 1 aliphatic rings. The number of amides is 2. The molecule has 0 aliphatic carbocycles. The molecule has 3 aromatic rings. The van der Waals surface area contributed by atoms with Crippen molar-refractivity contribution >= 4 is 39.1 Å². The summed E-state index contributed by atoms with van der Waals surface area (Å²) in [6.07, 6.45) is 0. The zero-order valence-electron chi connectivity index (χ0n) is 12.5. The SMILES string of the molecule is O=C1COc2cccc(C(=O)NCc3nc4ccccc4s3)c2N1. The molecule has 1 aromatic heterocycles. The second-order valence-corrected chi connectivity index (χ2v) is 6.39. The van der Waals surface area contributed by atoms with Crippen molar-refractivity contribution in [1.29, 1.82) is 0 Å². The van der Waals surface area contributed by atoms with Crippen molar-refractivity contribution in [2.24, 2.45) is 0 Å². The molecule has 2 aromatic carbocycles. The molecule has 0 radical (unpaired) electrons. The van der Waals surface area contributed by atoms with E-state index in [1.807, 2.05) is 24.3 Å². The van der Waals surface area contributed by atoms with Gasteiger partial charge in [0.1, 0.15) is 10.8 Å². The Morgan fingerprint density at radius 3 is 3.00 bits per heavy atom. The molecule has 24 heavy (non-hydrogen) atoms. The molecule has 0 bridgehead atoms. The van der Waals surface area contributed by atoms with Gasteiger partial charge < -0.3 is 15.4 Å². The van der Waals surface area contributed by atoms with E-state index >= 15 is 0 Å². The van der Waals surface area contributed by atoms with Gasteiger partial charge in [0.25, 0.3) is 11.8 Å². The van der Waals surface area contributed by atoms with Crippen LogP contribution in [0.3, 0.4) is 0 Å². The quantitative estimate of drug-likeness (QED) is 0.768. The van der Waals surface area contributed by atoms with Crippen LogP contribution in [0.1, 0.15) is 15.4 Å². The minimum absolute atomic E-state index is 0.0379. The molecule has 0 saturated heterocycles. The largest absolute Gasteiger partial charge is 0.482 e. The molecule has 7 heteroatoms. The van der Waals surface area contributed by atoms with Crippen LogP contribution in [-0.4, -0.2) is 23.4 Å². The Kier molecular flexibility index (Phi) is 3.62. The van der Waals surface area contributed by atoms with Crippen LogP contribution >= 0.6 is 11.3 Å². The van der Waals surface area contributed by atoms with Gasteiger partial charge in [-0.2, -0.15) is 0 Å². The van der Waals surface area contributed by atoms with Crippen LogP contribution in [0.4, 0.5) is 5.69 Å². The number of ether oxygens (including phenoxy) is 1. The van der Waals surface area contributed by atoms with Crippen LogP contribution in [0, 0.1) is 0 Å². The summed E-state index contributed by atoms with van der Waals surface area (Å²) in [4.78, 5) is 28.5. The third-order valence-electron chi connectivity index (χ3n) is 3.63. The molecular formula is C17H13N3O3S. The smallest absolute Gasteiger partial charge is 0.262 e. The minimum atomic E-state index is -0.281. The number of benzene rings is 2. The van der Waals surface area contributed by atoms with Gasteiger partial charge in [-0.15, -0.1) is 11.3 Å². The van der Waals surface area contributed by atoms with E-state index in [2.05, 4.69) is 15.6 Å². The number of anilines is 1. The average Bonchev–Trinajstić information content (AvgIpc) is 3.02. The molecule has 4 rings (SSSR count). The van der Waals surface area contributed by atoms with Gasteiger partial charge in [-0.25, -0.2) is 4.98 Å². The number of fused-ring (bicyclic) bond motifs is 2. The Morgan fingerprint density at radius 2 is 2.12 bits per heavy atom. The maximum absolute atomic E-state index is 12.5. The third kappa shape index (κ3) is 2.69. The molecule has 120 valence electrons. The Hall–Kier alpha value is -2.93. The maximum atomic E-state index is 12.5. The van der Waals surface area contributed by atoms with Gasteiger partial charge in [-0.3, -0.25) is 9.59 Å². The summed E-state index contributed by atoms with van der Waals surface area (Å²) in [5, 5.41) is 6.36. The minimum Gasteiger partial charge on any atom is -0.482 e. The summed E-state index contributed by atoms with van der Waals surface area (Å²) in [6, 6.07) is 12.9. The summed E-state index contributed by atoms with van der Waals surface area (Å²) in [5.41, 5.74) is 1.71. The van der Waals surface area contributed by atoms with Gasteiger partial charge >= 0.3 is 0 Å². The van der Waals surface area contributed by atoms with Crippen molar-refractivity contribution in [3.05, 3.63) is 53.0 Å². The Labute approximate surface area is 141 Å². The first-order chi connectivity index (χ1) is 11.7. The lowest BCUT2D eigenvalue weighted by Gasteiger charge is -2.20. The van der Waals surface area contributed by atoms with Gasteiger partial charge in [-0.1, -0.05) is 18.2 Å². The zero-order chi connectivity index (χ0) is 16.5. The highest BCUT2D eigenvalue weighted by Crippen LogP contribution is 2.31. The summed E-state index contributed by atoms with van der Waals surface area (Å²) < 4.78 is 6.41. The standard InChI is InChI=1S/C17H13N3O3S/c21-14-9-23-12-6-3-4-10(16(12)20-14)17(22)18-8-15-19-11-5-1-2-7-13(11)24-15/h1-7H,8-9H2,(H,18,22)(H,20,21). The molecule has 2 heterocycles. The van der Waals surface area contributed by atoms with Crippen molar-refractivity contribution in [1.82, 2.24) is 10.3 Å². The number of hydrogen-bond acceptors (Lipinski definition) is 5. The Balaban J connectivity index is 1.53. The maximum Gasteiger partial charge on any atom is 0.262 e. The monoisotopic (exact) mass is 339 g/mol. The summed E-state index contributed by atoms with van der Waals surface area (Å²) in [7, 11) is 0. The van der Waals surface area contributed by atoms with Crippen molar-refractivity contribution < 1.29 is 14.3 Å². The fourth-order valence-corrected chi connectivity index (χ4v) is 3.44. The molecule has 6 nitrogen and oxygen atoms in total. The number of nitrogens with zero attached hydrogens (tertiary/aromatic N) is 1. The van der Waals surface area contributed by atoms with E-state index in [0.29, 0.717) is 23.5 Å². The van der Waals surface area contributed by atoms with Crippen molar-refractivity contribution in [2.45, 2.75) is 6.54 Å². The topological polar surface area (TPSA) is 80.3 Å². The van der Waals surface area contributed by atoms with Crippen LogP contribution in [-0.2, 0) is 11.3 Å². The number of hydrogen-bond donors (Lipinski definition) is 2. The van der Waals surface area contributed by atoms with Crippen LogP contribution in [0.5, 0.6) is 5.75 Å². The lowest BCUT2D eigenvalue weighted by atomic mass is 10.1. The number of aromatic nitrogens is 1. The molecule has 0 unspecified atom stereocenters. The van der Waals surface area contributed by atoms with E-state index in [9.17, 15) is 9.59 Å². The molecule has 0 atom stereocenters. The predicted octanol–water partition coefficient (Wildman–Crippen LogP) is 2.56. The molecule has 2 N–H and O–H groups in total. The number of para-hydroxylation sites is 2. The van der Waals surface area contributed by atoms with Crippen molar-refractivity contribution in [2.75, 3.05) is 11.9 Å². The molecule has 0 fully saturated rings. The molecular weight excluding hydrogens is 326 g/mol. The number of rotatable bonds is 3. The van der Waals surface area contributed by atoms with Crippen LogP contribution < -0.4 is 15.4 Å². The zero-order valence-corrected chi connectivity index (χ0v) is 13.4. The first-order valence-corrected chi connectivity index (χ1v) is 8.21. The van der Waals surface area contributed by atoms with Crippen molar-refractivity contribution in [3.63, 3.8) is 0 Å². The lowest BCUT2D eigenvalue weighted by molar-refractivity contribution is -0.118. The highest BCUT2D eigenvalue weighted by atomic mass is 32.1. The lowest BCUT2D eigenvalue weighted by Crippen LogP contribution is -2.29. The normalized spacial score (nSPS) is 13.1. The van der Waals surface area contributed by atoms with Crippen LogP contribution in [0.25, 0.3) is 10.2 Å². The number of carbonyl (C=O) groups excluding carboxylic acids is 2. The number of nitrogens with one attached hydrogen (secondary N) is 2. The summed E-state index contributed by atoms with van der Waals surface area (Å²) >= 11 is 1.54. The predicted molar refractivity (Wildman–Crippen MR) is 91.4 cm³/mol. The Morgan fingerprint density at radius 1 is 1.25 bits per heavy atom. The Bertz CT molecular complexity index is 918.